The van der Waals surface area contributed by atoms with Crippen LogP contribution in [0.25, 0.3) is 11.3 Å². The summed E-state index contributed by atoms with van der Waals surface area (Å²) in [4.78, 5) is 4.01. The standard InChI is InChI=1S/C11H13BrN4/c1-16-11(8-3-6-14-7-4-8)10(12)9(15-16)2-5-13/h3-4,6-7H,2,5,13H2,1H3. The Hall–Kier alpha value is -1.20. The summed E-state index contributed by atoms with van der Waals surface area (Å²) in [6.45, 7) is 0.603. The molecule has 0 saturated heterocycles. The van der Waals surface area contributed by atoms with E-state index in [4.69, 9.17) is 5.73 Å². The zero-order valence-corrected chi connectivity index (χ0v) is 10.6. The molecule has 84 valence electrons. The van der Waals surface area contributed by atoms with Crippen LogP contribution in [0.1, 0.15) is 5.69 Å². The van der Waals surface area contributed by atoms with Gasteiger partial charge in [-0.1, -0.05) is 0 Å². The Morgan fingerprint density at radius 3 is 2.69 bits per heavy atom. The van der Waals surface area contributed by atoms with Crippen LogP contribution < -0.4 is 5.73 Å². The molecule has 0 amide bonds. The molecule has 0 aliphatic carbocycles. The van der Waals surface area contributed by atoms with Crippen LogP contribution in [-0.2, 0) is 13.5 Å². The second-order valence-corrected chi connectivity index (χ2v) is 4.30. The van der Waals surface area contributed by atoms with Crippen molar-refractivity contribution in [2.75, 3.05) is 6.54 Å². The Bertz CT molecular complexity index is 478. The van der Waals surface area contributed by atoms with E-state index >= 15 is 0 Å². The van der Waals surface area contributed by atoms with Gasteiger partial charge >= 0.3 is 0 Å². The van der Waals surface area contributed by atoms with E-state index < -0.39 is 0 Å². The van der Waals surface area contributed by atoms with Crippen molar-refractivity contribution in [1.29, 1.82) is 0 Å². The van der Waals surface area contributed by atoms with Crippen molar-refractivity contribution in [1.82, 2.24) is 14.8 Å². The van der Waals surface area contributed by atoms with Crippen molar-refractivity contribution in [3.8, 4) is 11.3 Å². The first-order chi connectivity index (χ1) is 7.74. The summed E-state index contributed by atoms with van der Waals surface area (Å²) >= 11 is 3.58. The van der Waals surface area contributed by atoms with Gasteiger partial charge in [0.15, 0.2) is 0 Å². The van der Waals surface area contributed by atoms with E-state index in [1.807, 2.05) is 23.9 Å². The maximum atomic E-state index is 5.55. The van der Waals surface area contributed by atoms with Crippen molar-refractivity contribution >= 4 is 15.9 Å². The molecular weight excluding hydrogens is 268 g/mol. The molecule has 0 bridgehead atoms. The molecule has 0 aliphatic rings. The Balaban J connectivity index is 2.49. The van der Waals surface area contributed by atoms with Crippen LogP contribution in [0, 0.1) is 0 Å². The first kappa shape index (κ1) is 11.3. The van der Waals surface area contributed by atoms with Gasteiger partial charge in [0.25, 0.3) is 0 Å². The molecule has 4 nitrogen and oxygen atoms in total. The second-order valence-electron chi connectivity index (χ2n) is 3.51. The lowest BCUT2D eigenvalue weighted by Gasteiger charge is -2.01. The highest BCUT2D eigenvalue weighted by Crippen LogP contribution is 2.30. The minimum atomic E-state index is 0.603. The molecule has 0 spiro atoms. The smallest absolute Gasteiger partial charge is 0.0825 e. The van der Waals surface area contributed by atoms with Gasteiger partial charge in [0.05, 0.1) is 15.9 Å². The second kappa shape index (κ2) is 4.76. The number of nitrogens with zero attached hydrogens (tertiary/aromatic N) is 3. The van der Waals surface area contributed by atoms with Crippen LogP contribution in [0.4, 0.5) is 0 Å². The molecule has 2 aromatic heterocycles. The predicted molar refractivity (Wildman–Crippen MR) is 66.9 cm³/mol. The maximum Gasteiger partial charge on any atom is 0.0825 e. The number of rotatable bonds is 3. The maximum absolute atomic E-state index is 5.55. The zero-order valence-electron chi connectivity index (χ0n) is 9.02. The van der Waals surface area contributed by atoms with E-state index in [1.165, 1.54) is 0 Å². The molecular formula is C11H13BrN4. The molecule has 2 rings (SSSR count). The fraction of sp³-hybridized carbons (Fsp3) is 0.273. The highest BCUT2D eigenvalue weighted by atomic mass is 79.9. The van der Waals surface area contributed by atoms with Gasteiger partial charge in [0, 0.05) is 31.4 Å². The number of aromatic nitrogens is 3. The summed E-state index contributed by atoms with van der Waals surface area (Å²) in [5.74, 6) is 0. The van der Waals surface area contributed by atoms with E-state index in [0.717, 1.165) is 27.8 Å². The molecule has 0 aliphatic heterocycles. The largest absolute Gasteiger partial charge is 0.330 e. The SMILES string of the molecule is Cn1nc(CCN)c(Br)c1-c1ccncc1. The topological polar surface area (TPSA) is 56.7 Å². The number of hydrogen-bond donors (Lipinski definition) is 1. The molecule has 0 unspecified atom stereocenters. The summed E-state index contributed by atoms with van der Waals surface area (Å²) in [6, 6.07) is 3.93. The van der Waals surface area contributed by atoms with Crippen LogP contribution >= 0.6 is 15.9 Å². The van der Waals surface area contributed by atoms with Crippen molar-refractivity contribution in [3.63, 3.8) is 0 Å². The fourth-order valence-corrected chi connectivity index (χ4v) is 2.44. The third kappa shape index (κ3) is 2.01. The lowest BCUT2D eigenvalue weighted by atomic mass is 10.2. The number of halogens is 1. The van der Waals surface area contributed by atoms with Gasteiger partial charge in [0.1, 0.15) is 0 Å². The minimum absolute atomic E-state index is 0.603. The van der Waals surface area contributed by atoms with Gasteiger partial charge in [-0.25, -0.2) is 0 Å². The molecule has 0 fully saturated rings. The Labute approximate surface area is 103 Å². The van der Waals surface area contributed by atoms with Gasteiger partial charge < -0.3 is 5.73 Å². The van der Waals surface area contributed by atoms with Crippen LogP contribution in [0.15, 0.2) is 29.0 Å². The van der Waals surface area contributed by atoms with E-state index in [1.54, 1.807) is 12.4 Å². The van der Waals surface area contributed by atoms with Crippen LogP contribution in [-0.4, -0.2) is 21.3 Å². The molecule has 0 aromatic carbocycles. The number of pyridine rings is 1. The molecule has 2 heterocycles. The van der Waals surface area contributed by atoms with Crippen molar-refractivity contribution in [2.24, 2.45) is 12.8 Å². The summed E-state index contributed by atoms with van der Waals surface area (Å²) in [7, 11) is 1.93. The lowest BCUT2D eigenvalue weighted by Crippen LogP contribution is -2.04. The number of aryl methyl sites for hydroxylation is 1. The average molecular weight is 281 g/mol. The van der Waals surface area contributed by atoms with Crippen LogP contribution in [0.5, 0.6) is 0 Å². The van der Waals surface area contributed by atoms with Crippen molar-refractivity contribution in [3.05, 3.63) is 34.7 Å². The molecule has 5 heteroatoms. The van der Waals surface area contributed by atoms with Crippen molar-refractivity contribution in [2.45, 2.75) is 6.42 Å². The Kier molecular flexibility index (Phi) is 3.36. The lowest BCUT2D eigenvalue weighted by molar-refractivity contribution is 0.745. The third-order valence-electron chi connectivity index (χ3n) is 2.39. The summed E-state index contributed by atoms with van der Waals surface area (Å²) in [5, 5.41) is 4.45. The zero-order chi connectivity index (χ0) is 11.5. The predicted octanol–water partition coefficient (Wildman–Crippen LogP) is 1.75. The third-order valence-corrected chi connectivity index (χ3v) is 3.22. The molecule has 2 N–H and O–H groups in total. The first-order valence-corrected chi connectivity index (χ1v) is 5.85. The molecule has 0 atom stereocenters. The van der Waals surface area contributed by atoms with Crippen molar-refractivity contribution < 1.29 is 0 Å². The number of hydrogen-bond acceptors (Lipinski definition) is 3. The van der Waals surface area contributed by atoms with E-state index in [2.05, 4.69) is 26.0 Å². The molecule has 0 saturated carbocycles. The van der Waals surface area contributed by atoms with E-state index in [9.17, 15) is 0 Å². The van der Waals surface area contributed by atoms with Gasteiger partial charge in [-0.05, 0) is 34.6 Å². The Morgan fingerprint density at radius 2 is 2.06 bits per heavy atom. The molecule has 2 aromatic rings. The quantitative estimate of drug-likeness (QED) is 0.932. The Morgan fingerprint density at radius 1 is 1.38 bits per heavy atom. The fourth-order valence-electron chi connectivity index (χ4n) is 1.67. The average Bonchev–Trinajstić information content (AvgIpc) is 2.56. The highest BCUT2D eigenvalue weighted by Gasteiger charge is 2.14. The van der Waals surface area contributed by atoms with E-state index in [0.29, 0.717) is 6.54 Å². The van der Waals surface area contributed by atoms with Gasteiger partial charge in [0.2, 0.25) is 0 Å². The van der Waals surface area contributed by atoms with Crippen LogP contribution in [0.2, 0.25) is 0 Å². The highest BCUT2D eigenvalue weighted by molar-refractivity contribution is 9.10. The van der Waals surface area contributed by atoms with E-state index in [-0.39, 0.29) is 0 Å². The van der Waals surface area contributed by atoms with Gasteiger partial charge in [-0.2, -0.15) is 5.10 Å². The normalized spacial score (nSPS) is 10.7. The first-order valence-electron chi connectivity index (χ1n) is 5.06. The summed E-state index contributed by atoms with van der Waals surface area (Å²) in [6.07, 6.45) is 4.33. The summed E-state index contributed by atoms with van der Waals surface area (Å²) < 4.78 is 2.89. The van der Waals surface area contributed by atoms with Gasteiger partial charge in [-0.3, -0.25) is 9.67 Å². The molecule has 0 radical (unpaired) electrons. The molecule has 16 heavy (non-hydrogen) atoms. The number of nitrogens with two attached hydrogens (primary N) is 1. The summed E-state index contributed by atoms with van der Waals surface area (Å²) in [5.41, 5.74) is 8.70. The van der Waals surface area contributed by atoms with Crippen LogP contribution in [0.3, 0.4) is 0 Å². The minimum Gasteiger partial charge on any atom is -0.330 e. The monoisotopic (exact) mass is 280 g/mol. The van der Waals surface area contributed by atoms with Gasteiger partial charge in [-0.15, -0.1) is 0 Å².